The van der Waals surface area contributed by atoms with E-state index < -0.39 is 35.8 Å². The number of nitrogens with one attached hydrogen (secondary N) is 3. The Morgan fingerprint density at radius 2 is 1.41 bits per heavy atom. The first-order chi connectivity index (χ1) is 23.4. The third-order valence-corrected chi connectivity index (χ3v) is 8.45. The van der Waals surface area contributed by atoms with E-state index in [0.717, 1.165) is 18.4 Å². The molecule has 3 rings (SSSR count). The van der Waals surface area contributed by atoms with Crippen LogP contribution in [0.2, 0.25) is 0 Å². The summed E-state index contributed by atoms with van der Waals surface area (Å²) in [6.07, 6.45) is 2.04. The molecule has 10 heteroatoms. The Morgan fingerprint density at radius 1 is 0.776 bits per heavy atom. The molecule has 0 saturated heterocycles. The summed E-state index contributed by atoms with van der Waals surface area (Å²) in [5.41, 5.74) is 8.98. The molecule has 0 aliphatic heterocycles. The smallest absolute Gasteiger partial charge is 0.253 e. The number of hydrogen-bond acceptors (Lipinski definition) is 5. The van der Waals surface area contributed by atoms with E-state index in [0.29, 0.717) is 36.3 Å². The molecule has 0 unspecified atom stereocenters. The van der Waals surface area contributed by atoms with Gasteiger partial charge in [-0.05, 0) is 73.1 Å². The van der Waals surface area contributed by atoms with Crippen molar-refractivity contribution in [1.82, 2.24) is 20.9 Å². The molecule has 0 aliphatic rings. The zero-order valence-corrected chi connectivity index (χ0v) is 29.4. The summed E-state index contributed by atoms with van der Waals surface area (Å²) in [6, 6.07) is 20.0. The van der Waals surface area contributed by atoms with Crippen molar-refractivity contribution in [2.45, 2.75) is 85.0 Å². The summed E-state index contributed by atoms with van der Waals surface area (Å²) < 4.78 is 14.1. The van der Waals surface area contributed by atoms with Gasteiger partial charge < -0.3 is 26.6 Å². The number of carbonyl (C=O) groups excluding carboxylic acids is 4. The van der Waals surface area contributed by atoms with Gasteiger partial charge in [0.05, 0.1) is 0 Å². The van der Waals surface area contributed by atoms with Crippen molar-refractivity contribution in [3.8, 4) is 0 Å². The van der Waals surface area contributed by atoms with Crippen molar-refractivity contribution in [3.05, 3.63) is 107 Å². The monoisotopic (exact) mass is 673 g/mol. The molecule has 0 bridgehead atoms. The summed E-state index contributed by atoms with van der Waals surface area (Å²) in [5, 5.41) is 8.78. The van der Waals surface area contributed by atoms with Gasteiger partial charge in [0.2, 0.25) is 11.8 Å². The number of amides is 4. The molecule has 5 N–H and O–H groups in total. The summed E-state index contributed by atoms with van der Waals surface area (Å²) in [4.78, 5) is 55.0. The van der Waals surface area contributed by atoms with Crippen molar-refractivity contribution in [2.24, 2.45) is 17.6 Å². The number of nitrogens with two attached hydrogens (primary N) is 1. The van der Waals surface area contributed by atoms with Crippen LogP contribution in [0, 0.1) is 17.7 Å². The highest BCUT2D eigenvalue weighted by Gasteiger charge is 2.30. The average molecular weight is 674 g/mol. The maximum atomic E-state index is 14.1. The first-order valence-electron chi connectivity index (χ1n) is 17.3. The van der Waals surface area contributed by atoms with Gasteiger partial charge in [-0.25, -0.2) is 4.39 Å². The highest BCUT2D eigenvalue weighted by atomic mass is 19.1. The molecular weight excluding hydrogens is 621 g/mol. The minimum absolute atomic E-state index is 0.139. The quantitative estimate of drug-likeness (QED) is 0.147. The molecule has 0 saturated carbocycles. The summed E-state index contributed by atoms with van der Waals surface area (Å²) in [7, 11) is 0. The van der Waals surface area contributed by atoms with E-state index in [1.54, 1.807) is 48.2 Å². The van der Waals surface area contributed by atoms with E-state index in [2.05, 4.69) is 16.0 Å². The number of hydrogen-bond donors (Lipinski definition) is 4. The van der Waals surface area contributed by atoms with Crippen LogP contribution in [0.1, 0.15) is 85.7 Å². The van der Waals surface area contributed by atoms with Crippen LogP contribution in [0.25, 0.3) is 0 Å². The SMILES string of the molecule is CCCN(CCC)C(=O)c1cccc(C(=O)N[C@@H](Cc2cccc(F)c2)[C@@H](N)C[C@@H](C)C(=O)N[C@H](C(=O)NCc2ccccc2)C(C)C)c1. The fraction of sp³-hybridized carbons (Fsp3) is 0.436. The van der Waals surface area contributed by atoms with E-state index in [9.17, 15) is 23.6 Å². The van der Waals surface area contributed by atoms with Gasteiger partial charge in [-0.1, -0.05) is 83.1 Å². The molecule has 4 amide bonds. The maximum absolute atomic E-state index is 14.1. The van der Waals surface area contributed by atoms with Crippen molar-refractivity contribution in [1.29, 1.82) is 0 Å². The molecule has 0 radical (unpaired) electrons. The van der Waals surface area contributed by atoms with Gasteiger partial charge in [-0.15, -0.1) is 0 Å². The Hall–Kier alpha value is -4.57. The average Bonchev–Trinajstić information content (AvgIpc) is 3.09. The first kappa shape index (κ1) is 38.9. The fourth-order valence-corrected chi connectivity index (χ4v) is 5.71. The Labute approximate surface area is 290 Å². The third-order valence-electron chi connectivity index (χ3n) is 8.45. The lowest BCUT2D eigenvalue weighted by Gasteiger charge is -2.29. The normalized spacial score (nSPS) is 13.6. The lowest BCUT2D eigenvalue weighted by molar-refractivity contribution is -0.132. The van der Waals surface area contributed by atoms with Crippen LogP contribution < -0.4 is 21.7 Å². The highest BCUT2D eigenvalue weighted by Crippen LogP contribution is 2.17. The second kappa shape index (κ2) is 19.4. The Kier molecular flexibility index (Phi) is 15.4. The Balaban J connectivity index is 1.74. The molecule has 3 aromatic rings. The number of halogens is 1. The van der Waals surface area contributed by atoms with Gasteiger partial charge in [0.1, 0.15) is 11.9 Å². The molecule has 0 fully saturated rings. The molecule has 49 heavy (non-hydrogen) atoms. The zero-order valence-electron chi connectivity index (χ0n) is 29.4. The minimum Gasteiger partial charge on any atom is -0.350 e. The van der Waals surface area contributed by atoms with Gasteiger partial charge in [0.15, 0.2) is 0 Å². The van der Waals surface area contributed by atoms with Gasteiger partial charge in [-0.3, -0.25) is 19.2 Å². The Bertz CT molecular complexity index is 1530. The van der Waals surface area contributed by atoms with Crippen molar-refractivity contribution >= 4 is 23.6 Å². The van der Waals surface area contributed by atoms with Gasteiger partial charge in [0.25, 0.3) is 11.8 Å². The molecule has 4 atom stereocenters. The van der Waals surface area contributed by atoms with E-state index in [1.165, 1.54) is 12.1 Å². The summed E-state index contributed by atoms with van der Waals surface area (Å²) in [6.45, 7) is 11.1. The van der Waals surface area contributed by atoms with E-state index in [-0.39, 0.29) is 36.5 Å². The lowest BCUT2D eigenvalue weighted by atomic mass is 9.91. The number of benzene rings is 3. The van der Waals surface area contributed by atoms with E-state index in [1.807, 2.05) is 58.0 Å². The Morgan fingerprint density at radius 3 is 2.04 bits per heavy atom. The molecule has 264 valence electrons. The van der Waals surface area contributed by atoms with Crippen LogP contribution in [0.15, 0.2) is 78.9 Å². The van der Waals surface area contributed by atoms with Crippen LogP contribution in [0.5, 0.6) is 0 Å². The predicted molar refractivity (Wildman–Crippen MR) is 191 cm³/mol. The van der Waals surface area contributed by atoms with Crippen molar-refractivity contribution in [3.63, 3.8) is 0 Å². The molecule has 0 heterocycles. The highest BCUT2D eigenvalue weighted by molar-refractivity contribution is 5.99. The molecule has 0 aromatic heterocycles. The molecule has 3 aromatic carbocycles. The second-order valence-corrected chi connectivity index (χ2v) is 13.0. The standard InChI is InChI=1S/C39H52FN5O4/c1-6-19-45(20-7-2)39(49)31-17-12-16-30(24-31)37(47)43-34(23-29-15-11-18-32(40)22-29)33(41)21-27(5)36(46)44-35(26(3)4)38(48)42-25-28-13-9-8-10-14-28/h8-18,22,24,26-27,33-35H,6-7,19-21,23,25,41H2,1-5H3,(H,42,48)(H,43,47)(H,44,46)/t27-,33+,34+,35+/m1/s1. The van der Waals surface area contributed by atoms with Gasteiger partial charge in [-0.2, -0.15) is 0 Å². The summed E-state index contributed by atoms with van der Waals surface area (Å²) in [5.74, 6) is -2.38. The van der Waals surface area contributed by atoms with Gasteiger partial charge >= 0.3 is 0 Å². The molecule has 9 nitrogen and oxygen atoms in total. The maximum Gasteiger partial charge on any atom is 0.253 e. The fourth-order valence-electron chi connectivity index (χ4n) is 5.71. The van der Waals surface area contributed by atoms with Crippen LogP contribution in [-0.4, -0.2) is 59.7 Å². The largest absolute Gasteiger partial charge is 0.350 e. The predicted octanol–water partition coefficient (Wildman–Crippen LogP) is 5.24. The first-order valence-corrected chi connectivity index (χ1v) is 17.3. The van der Waals surface area contributed by atoms with E-state index in [4.69, 9.17) is 5.73 Å². The number of carbonyl (C=O) groups is 4. The second-order valence-electron chi connectivity index (χ2n) is 13.0. The van der Waals surface area contributed by atoms with Crippen molar-refractivity contribution < 1.29 is 23.6 Å². The number of rotatable bonds is 18. The molecule has 0 aliphatic carbocycles. The van der Waals surface area contributed by atoms with E-state index >= 15 is 0 Å². The zero-order chi connectivity index (χ0) is 35.9. The minimum atomic E-state index is -0.752. The lowest BCUT2D eigenvalue weighted by Crippen LogP contribution is -2.53. The van der Waals surface area contributed by atoms with Crippen LogP contribution in [0.4, 0.5) is 4.39 Å². The van der Waals surface area contributed by atoms with Crippen LogP contribution >= 0.6 is 0 Å². The van der Waals surface area contributed by atoms with Crippen molar-refractivity contribution in [2.75, 3.05) is 13.1 Å². The van der Waals surface area contributed by atoms with Crippen LogP contribution in [0.3, 0.4) is 0 Å². The third kappa shape index (κ3) is 12.1. The van der Waals surface area contributed by atoms with Crippen LogP contribution in [-0.2, 0) is 22.6 Å². The summed E-state index contributed by atoms with van der Waals surface area (Å²) >= 11 is 0. The number of nitrogens with zero attached hydrogens (tertiary/aromatic N) is 1. The molecule has 0 spiro atoms. The topological polar surface area (TPSA) is 134 Å². The molecular formula is C39H52FN5O4. The van der Waals surface area contributed by atoms with Gasteiger partial charge in [0, 0.05) is 48.8 Å².